The van der Waals surface area contributed by atoms with Crippen LogP contribution < -0.4 is 0 Å². The zero-order valence-corrected chi connectivity index (χ0v) is 12.8. The molecule has 0 aliphatic rings. The van der Waals surface area contributed by atoms with Crippen LogP contribution in [0.25, 0.3) is 11.5 Å². The maximum Gasteiger partial charge on any atom is 0.258 e. The first kappa shape index (κ1) is 14.2. The Bertz CT molecular complexity index is 860. The molecule has 0 aliphatic carbocycles. The number of thiazole rings is 1. The number of rotatable bonds is 4. The third-order valence-corrected chi connectivity index (χ3v) is 5.66. The molecule has 3 aromatic rings. The molecule has 2 aromatic heterocycles. The number of nitrogens with zero attached hydrogens (tertiary/aromatic N) is 3. The summed E-state index contributed by atoms with van der Waals surface area (Å²) in [5.74, 6) is -0.0491. The molecule has 0 bridgehead atoms. The number of benzene rings is 1. The summed E-state index contributed by atoms with van der Waals surface area (Å²) in [5.41, 5.74) is 0.632. The number of sulfone groups is 1. The Morgan fingerprint density at radius 1 is 1.33 bits per heavy atom. The van der Waals surface area contributed by atoms with Gasteiger partial charge in [-0.05, 0) is 18.2 Å². The molecule has 1 aromatic carbocycles. The van der Waals surface area contributed by atoms with Gasteiger partial charge in [-0.15, -0.1) is 11.3 Å². The predicted molar refractivity (Wildman–Crippen MR) is 77.7 cm³/mol. The molecule has 0 unspecified atom stereocenters. The topological polar surface area (TPSA) is 86.0 Å². The zero-order chi connectivity index (χ0) is 14.9. The number of halogens is 1. The fourth-order valence-electron chi connectivity index (χ4n) is 1.65. The first-order chi connectivity index (χ1) is 10.0. The maximum absolute atomic E-state index is 12.1. The van der Waals surface area contributed by atoms with Crippen molar-refractivity contribution in [3.63, 3.8) is 0 Å². The first-order valence-electron chi connectivity index (χ1n) is 5.75. The Labute approximate surface area is 129 Å². The van der Waals surface area contributed by atoms with Crippen LogP contribution >= 0.6 is 22.9 Å². The molecule has 21 heavy (non-hydrogen) atoms. The number of aromatic nitrogens is 3. The second kappa shape index (κ2) is 5.55. The van der Waals surface area contributed by atoms with Gasteiger partial charge in [-0.2, -0.15) is 4.98 Å². The van der Waals surface area contributed by atoms with Crippen molar-refractivity contribution in [3.8, 4) is 11.5 Å². The van der Waals surface area contributed by atoms with E-state index in [-0.39, 0.29) is 21.8 Å². The molecule has 0 radical (unpaired) electrons. The van der Waals surface area contributed by atoms with Crippen LogP contribution in [0.1, 0.15) is 5.82 Å². The van der Waals surface area contributed by atoms with Gasteiger partial charge in [-0.3, -0.25) is 0 Å². The fraction of sp³-hybridized carbons (Fsp3) is 0.0833. The van der Waals surface area contributed by atoms with Crippen molar-refractivity contribution in [3.05, 3.63) is 46.7 Å². The van der Waals surface area contributed by atoms with Crippen LogP contribution in [0.3, 0.4) is 0 Å². The van der Waals surface area contributed by atoms with Crippen molar-refractivity contribution < 1.29 is 12.9 Å². The lowest BCUT2D eigenvalue weighted by Crippen LogP contribution is -2.05. The van der Waals surface area contributed by atoms with Crippen LogP contribution in [0.5, 0.6) is 0 Å². The standard InChI is InChI=1S/C12H8ClN3O3S2/c13-9-3-1-2-8(6-9)11-15-10(16-19-11)7-21(17,18)12-14-4-5-20-12/h1-6H,7H2. The van der Waals surface area contributed by atoms with Gasteiger partial charge in [0.15, 0.2) is 5.82 Å². The van der Waals surface area contributed by atoms with Crippen LogP contribution in [0.15, 0.2) is 44.7 Å². The molecular formula is C12H8ClN3O3S2. The van der Waals surface area contributed by atoms with E-state index >= 15 is 0 Å². The number of hydrogen-bond donors (Lipinski definition) is 0. The molecule has 3 rings (SSSR count). The molecule has 9 heteroatoms. The van der Waals surface area contributed by atoms with Gasteiger partial charge in [0.2, 0.25) is 14.2 Å². The maximum atomic E-state index is 12.1. The molecule has 6 nitrogen and oxygen atoms in total. The van der Waals surface area contributed by atoms with Crippen LogP contribution in [0.2, 0.25) is 5.02 Å². The minimum atomic E-state index is -3.55. The summed E-state index contributed by atoms with van der Waals surface area (Å²) >= 11 is 6.93. The van der Waals surface area contributed by atoms with Crippen LogP contribution in [0, 0.1) is 0 Å². The second-order valence-electron chi connectivity index (χ2n) is 4.08. The lowest BCUT2D eigenvalue weighted by atomic mass is 10.2. The van der Waals surface area contributed by atoms with E-state index < -0.39 is 9.84 Å². The summed E-state index contributed by atoms with van der Waals surface area (Å²) in [6, 6.07) is 6.87. The highest BCUT2D eigenvalue weighted by Crippen LogP contribution is 2.22. The second-order valence-corrected chi connectivity index (χ2v) is 7.58. The van der Waals surface area contributed by atoms with Crippen LogP contribution in [0.4, 0.5) is 0 Å². The summed E-state index contributed by atoms with van der Waals surface area (Å²) in [6.07, 6.45) is 1.44. The Hall–Kier alpha value is -1.77. The number of hydrogen-bond acceptors (Lipinski definition) is 7. The van der Waals surface area contributed by atoms with E-state index in [2.05, 4.69) is 15.1 Å². The molecule has 0 spiro atoms. The van der Waals surface area contributed by atoms with Gasteiger partial charge in [-0.1, -0.05) is 22.8 Å². The van der Waals surface area contributed by atoms with Gasteiger partial charge in [-0.25, -0.2) is 13.4 Å². The van der Waals surface area contributed by atoms with E-state index in [0.29, 0.717) is 10.6 Å². The minimum absolute atomic E-state index is 0.0385. The molecule has 0 N–H and O–H groups in total. The monoisotopic (exact) mass is 341 g/mol. The van der Waals surface area contributed by atoms with E-state index in [1.54, 1.807) is 29.6 Å². The third kappa shape index (κ3) is 3.12. The van der Waals surface area contributed by atoms with E-state index in [0.717, 1.165) is 11.3 Å². The van der Waals surface area contributed by atoms with Crippen LogP contribution in [-0.2, 0) is 15.6 Å². The van der Waals surface area contributed by atoms with E-state index in [1.807, 2.05) is 0 Å². The van der Waals surface area contributed by atoms with Gasteiger partial charge < -0.3 is 4.52 Å². The smallest absolute Gasteiger partial charge is 0.258 e. The summed E-state index contributed by atoms with van der Waals surface area (Å²) in [7, 11) is -3.55. The Kier molecular flexibility index (Phi) is 3.75. The molecule has 0 amide bonds. The molecule has 108 valence electrons. The van der Waals surface area contributed by atoms with E-state index in [1.165, 1.54) is 6.20 Å². The Morgan fingerprint density at radius 3 is 2.90 bits per heavy atom. The first-order valence-corrected chi connectivity index (χ1v) is 8.66. The quantitative estimate of drug-likeness (QED) is 0.725. The molecule has 2 heterocycles. The average molecular weight is 342 g/mol. The highest BCUT2D eigenvalue weighted by atomic mass is 35.5. The van der Waals surface area contributed by atoms with E-state index in [4.69, 9.17) is 16.1 Å². The van der Waals surface area contributed by atoms with Gasteiger partial charge in [0, 0.05) is 22.2 Å². The normalized spacial score (nSPS) is 11.7. The highest BCUT2D eigenvalue weighted by molar-refractivity contribution is 7.92. The predicted octanol–water partition coefficient (Wildman–Crippen LogP) is 2.82. The molecule has 0 saturated heterocycles. The Balaban J connectivity index is 1.86. The molecule has 0 saturated carbocycles. The third-order valence-electron chi connectivity index (χ3n) is 2.53. The lowest BCUT2D eigenvalue weighted by Gasteiger charge is -1.95. The average Bonchev–Trinajstić information content (AvgIpc) is 3.09. The highest BCUT2D eigenvalue weighted by Gasteiger charge is 2.22. The van der Waals surface area contributed by atoms with Crippen molar-refractivity contribution in [2.45, 2.75) is 10.1 Å². The molecule has 0 atom stereocenters. The van der Waals surface area contributed by atoms with Gasteiger partial charge in [0.05, 0.1) is 0 Å². The van der Waals surface area contributed by atoms with Crippen molar-refractivity contribution in [1.82, 2.24) is 15.1 Å². The summed E-state index contributed by atoms with van der Waals surface area (Å²) < 4.78 is 29.2. The van der Waals surface area contributed by atoms with E-state index in [9.17, 15) is 8.42 Å². The van der Waals surface area contributed by atoms with Crippen molar-refractivity contribution in [1.29, 1.82) is 0 Å². The molecule has 0 aliphatic heterocycles. The minimum Gasteiger partial charge on any atom is -0.334 e. The summed E-state index contributed by atoms with van der Waals surface area (Å²) in [4.78, 5) is 7.87. The van der Waals surface area contributed by atoms with Gasteiger partial charge in [0.25, 0.3) is 5.89 Å². The summed E-state index contributed by atoms with van der Waals surface area (Å²) in [5, 5.41) is 5.81. The van der Waals surface area contributed by atoms with Crippen molar-refractivity contribution in [2.24, 2.45) is 0 Å². The summed E-state index contributed by atoms with van der Waals surface area (Å²) in [6.45, 7) is 0. The van der Waals surface area contributed by atoms with Crippen molar-refractivity contribution >= 4 is 32.8 Å². The lowest BCUT2D eigenvalue weighted by molar-refractivity contribution is 0.424. The molecule has 0 fully saturated rings. The molecular weight excluding hydrogens is 334 g/mol. The fourth-order valence-corrected chi connectivity index (χ4v) is 3.93. The SMILES string of the molecule is O=S(=O)(Cc1noc(-c2cccc(Cl)c2)n1)c1nccs1. The van der Waals surface area contributed by atoms with Crippen LogP contribution in [-0.4, -0.2) is 23.5 Å². The van der Waals surface area contributed by atoms with Gasteiger partial charge in [0.1, 0.15) is 5.75 Å². The van der Waals surface area contributed by atoms with Crippen molar-refractivity contribution in [2.75, 3.05) is 0 Å². The largest absolute Gasteiger partial charge is 0.334 e. The Morgan fingerprint density at radius 2 is 2.19 bits per heavy atom. The zero-order valence-electron chi connectivity index (χ0n) is 10.4. The van der Waals surface area contributed by atoms with Gasteiger partial charge >= 0.3 is 0 Å².